The van der Waals surface area contributed by atoms with Crippen LogP contribution in [0, 0.1) is 0 Å². The number of carbonyl (C=O) groups is 3. The molecule has 0 bridgehead atoms. The van der Waals surface area contributed by atoms with Gasteiger partial charge in [-0.05, 0) is 48.5 Å². The molecule has 4 aromatic rings. The van der Waals surface area contributed by atoms with Gasteiger partial charge in [0, 0.05) is 18.1 Å². The van der Waals surface area contributed by atoms with Crippen molar-refractivity contribution in [3.63, 3.8) is 0 Å². The Morgan fingerprint density at radius 2 is 1.47 bits per heavy atom. The molecule has 1 fully saturated rings. The molecule has 0 unspecified atom stereocenters. The van der Waals surface area contributed by atoms with Crippen LogP contribution in [0.5, 0.6) is 0 Å². The molecule has 2 N–H and O–H groups in total. The van der Waals surface area contributed by atoms with E-state index in [1.54, 1.807) is 29.0 Å². The maximum atomic E-state index is 14.5. The zero-order valence-corrected chi connectivity index (χ0v) is 24.7. The molecule has 1 saturated heterocycles. The van der Waals surface area contributed by atoms with Crippen LogP contribution in [0.4, 0.5) is 5.69 Å². The number of ether oxygens (including phenoxy) is 1. The Bertz CT molecular complexity index is 1620. The number of hydrazine groups is 1. The van der Waals surface area contributed by atoms with Gasteiger partial charge in [0.2, 0.25) is 0 Å². The Morgan fingerprint density at radius 3 is 2.07 bits per heavy atom. The lowest BCUT2D eigenvalue weighted by atomic mass is 9.81. The zero-order valence-electron chi connectivity index (χ0n) is 23.9. The van der Waals surface area contributed by atoms with Crippen molar-refractivity contribution < 1.29 is 19.1 Å². The number of thiocarbonyl (C=S) groups is 1. The fourth-order valence-electron chi connectivity index (χ4n) is 5.51. The van der Waals surface area contributed by atoms with Crippen LogP contribution in [0.1, 0.15) is 46.9 Å². The van der Waals surface area contributed by atoms with Crippen molar-refractivity contribution in [3.8, 4) is 0 Å². The summed E-state index contributed by atoms with van der Waals surface area (Å²) in [7, 11) is 0. The third-order valence-electron chi connectivity index (χ3n) is 7.30. The highest BCUT2D eigenvalue weighted by Crippen LogP contribution is 2.52. The summed E-state index contributed by atoms with van der Waals surface area (Å²) in [4.78, 5) is 39.3. The molecule has 0 saturated carbocycles. The highest BCUT2D eigenvalue weighted by molar-refractivity contribution is 7.80. The molecular formula is C34H32N4O4S. The summed E-state index contributed by atoms with van der Waals surface area (Å²) in [5, 5.41) is 5.26. The second-order valence-electron chi connectivity index (χ2n) is 10.0. The molecule has 4 aromatic carbocycles. The van der Waals surface area contributed by atoms with Crippen molar-refractivity contribution >= 4 is 40.8 Å². The number of para-hydroxylation sites is 1. The summed E-state index contributed by atoms with van der Waals surface area (Å²) in [5.74, 6) is -0.634. The number of amides is 2. The number of rotatable bonds is 6. The second kappa shape index (κ2) is 12.9. The van der Waals surface area contributed by atoms with Crippen molar-refractivity contribution in [2.24, 2.45) is 0 Å². The van der Waals surface area contributed by atoms with Gasteiger partial charge in [0.05, 0.1) is 18.8 Å². The highest BCUT2D eigenvalue weighted by atomic mass is 32.1. The number of hydrogen-bond donors (Lipinski definition) is 2. The molecular weight excluding hydrogens is 560 g/mol. The summed E-state index contributed by atoms with van der Waals surface area (Å²) < 4.78 is 4.40. The van der Waals surface area contributed by atoms with Gasteiger partial charge in [0.25, 0.3) is 11.8 Å². The lowest BCUT2D eigenvalue weighted by molar-refractivity contribution is -0.140. The number of fused-ring (bicyclic) bond motifs is 2. The Kier molecular flexibility index (Phi) is 8.82. The summed E-state index contributed by atoms with van der Waals surface area (Å²) >= 11 is 5.77. The zero-order chi connectivity index (χ0) is 30.4. The van der Waals surface area contributed by atoms with E-state index in [2.05, 4.69) is 15.5 Å². The van der Waals surface area contributed by atoms with Crippen LogP contribution >= 0.6 is 12.2 Å². The van der Waals surface area contributed by atoms with Crippen molar-refractivity contribution in [2.75, 3.05) is 11.5 Å². The number of esters is 1. The average molecular weight is 593 g/mol. The summed E-state index contributed by atoms with van der Waals surface area (Å²) in [6.45, 7) is 4.07. The number of carbonyl (C=O) groups excluding carboxylic acids is 3. The minimum atomic E-state index is -1.21. The Morgan fingerprint density at radius 1 is 0.884 bits per heavy atom. The van der Waals surface area contributed by atoms with Gasteiger partial charge in [0.1, 0.15) is 6.04 Å². The van der Waals surface area contributed by atoms with Crippen molar-refractivity contribution in [1.82, 2.24) is 15.8 Å². The van der Waals surface area contributed by atoms with Gasteiger partial charge < -0.3 is 15.0 Å². The van der Waals surface area contributed by atoms with Crippen LogP contribution in [0.25, 0.3) is 0 Å². The number of benzene rings is 4. The van der Waals surface area contributed by atoms with E-state index < -0.39 is 11.6 Å². The van der Waals surface area contributed by atoms with E-state index in [-0.39, 0.29) is 22.9 Å². The normalized spacial score (nSPS) is 18.4. The fraction of sp³-hybridized carbons (Fsp3) is 0.176. The van der Waals surface area contributed by atoms with Crippen LogP contribution in [0.3, 0.4) is 0 Å². The molecule has 2 atom stereocenters. The predicted octanol–water partition coefficient (Wildman–Crippen LogP) is 5.27. The van der Waals surface area contributed by atoms with Crippen molar-refractivity contribution in [1.29, 1.82) is 0 Å². The van der Waals surface area contributed by atoms with Gasteiger partial charge in [-0.2, -0.15) is 0 Å². The molecule has 6 rings (SSSR count). The van der Waals surface area contributed by atoms with Crippen molar-refractivity contribution in [3.05, 3.63) is 138 Å². The quantitative estimate of drug-likeness (QED) is 0.233. The molecule has 218 valence electrons. The maximum absolute atomic E-state index is 14.5. The summed E-state index contributed by atoms with van der Waals surface area (Å²) in [6.07, 6.45) is 0. The third kappa shape index (κ3) is 5.85. The van der Waals surface area contributed by atoms with Crippen LogP contribution in [-0.2, 0) is 26.4 Å². The van der Waals surface area contributed by atoms with E-state index in [9.17, 15) is 14.4 Å². The smallest absolute Gasteiger partial charge is 0.302 e. The van der Waals surface area contributed by atoms with Crippen LogP contribution in [0.2, 0.25) is 0 Å². The van der Waals surface area contributed by atoms with Gasteiger partial charge in [-0.1, -0.05) is 97.1 Å². The largest absolute Gasteiger partial charge is 0.466 e. The molecule has 1 spiro atoms. The fourth-order valence-corrected chi connectivity index (χ4v) is 5.82. The van der Waals surface area contributed by atoms with E-state index in [0.717, 1.165) is 22.4 Å². The number of nitrogens with zero attached hydrogens (tertiary/aromatic N) is 2. The van der Waals surface area contributed by atoms with E-state index in [4.69, 9.17) is 12.2 Å². The lowest BCUT2D eigenvalue weighted by Gasteiger charge is -2.33. The van der Waals surface area contributed by atoms with Crippen molar-refractivity contribution in [2.45, 2.75) is 32.0 Å². The summed E-state index contributed by atoms with van der Waals surface area (Å²) in [5.41, 5.74) is 5.79. The molecule has 2 heterocycles. The molecule has 8 nitrogen and oxygen atoms in total. The molecule has 0 aliphatic carbocycles. The monoisotopic (exact) mass is 592 g/mol. The minimum Gasteiger partial charge on any atom is -0.466 e. The van der Waals surface area contributed by atoms with Gasteiger partial charge in [-0.3, -0.25) is 19.8 Å². The van der Waals surface area contributed by atoms with E-state index >= 15 is 0 Å². The number of anilines is 1. The van der Waals surface area contributed by atoms with Gasteiger partial charge >= 0.3 is 5.97 Å². The van der Waals surface area contributed by atoms with Crippen LogP contribution in [-0.4, -0.2) is 34.5 Å². The third-order valence-corrected chi connectivity index (χ3v) is 7.60. The molecule has 2 aliphatic heterocycles. The standard InChI is InChI=1S/C30H24N4O2S.C4H8O2/c35-27(23-16-8-3-9-17-23)32-34-26(22-14-6-2-7-15-22)30(31-29(34)37)24-18-10-11-19-25(24)33(28(30)36)20-21-12-4-1-5-13-21;1-3-6-4(2)5/h1-19,26H,20H2,(H,31,37)(H,32,35);3H2,1-2H3/t26-,30+;/m0./s1. The molecule has 0 radical (unpaired) electrons. The number of nitrogens with one attached hydrogen (secondary N) is 2. The van der Waals surface area contributed by atoms with Crippen LogP contribution in [0.15, 0.2) is 115 Å². The first-order chi connectivity index (χ1) is 20.9. The first-order valence-electron chi connectivity index (χ1n) is 14.0. The minimum absolute atomic E-state index is 0.120. The lowest BCUT2D eigenvalue weighted by Crippen LogP contribution is -2.51. The van der Waals surface area contributed by atoms with E-state index in [1.807, 2.05) is 103 Å². The van der Waals surface area contributed by atoms with Gasteiger partial charge in [0.15, 0.2) is 10.7 Å². The topological polar surface area (TPSA) is 91.0 Å². The predicted molar refractivity (Wildman–Crippen MR) is 169 cm³/mol. The average Bonchev–Trinajstić information content (AvgIpc) is 3.44. The molecule has 2 aliphatic rings. The van der Waals surface area contributed by atoms with Crippen LogP contribution < -0.4 is 15.6 Å². The van der Waals surface area contributed by atoms with Gasteiger partial charge in [-0.25, -0.2) is 5.01 Å². The molecule has 0 aromatic heterocycles. The molecule has 43 heavy (non-hydrogen) atoms. The SMILES string of the molecule is CCOC(C)=O.O=C(NN1C(=S)N[C@@]2(C(=O)N(Cc3ccccc3)c3ccccc32)[C@@H]1c1ccccc1)c1ccccc1. The summed E-state index contributed by atoms with van der Waals surface area (Å²) in [6, 6.07) is 35.7. The second-order valence-corrected chi connectivity index (χ2v) is 10.4. The van der Waals surface area contributed by atoms with E-state index in [0.29, 0.717) is 18.7 Å². The maximum Gasteiger partial charge on any atom is 0.302 e. The Balaban J connectivity index is 0.000000559. The molecule has 9 heteroatoms. The Hall–Kier alpha value is -5.02. The first kappa shape index (κ1) is 29.5. The molecule has 2 amide bonds. The Labute approximate surface area is 256 Å². The first-order valence-corrected chi connectivity index (χ1v) is 14.4. The number of hydrogen-bond acceptors (Lipinski definition) is 5. The van der Waals surface area contributed by atoms with Gasteiger partial charge in [-0.15, -0.1) is 0 Å². The highest BCUT2D eigenvalue weighted by Gasteiger charge is 2.63. The van der Waals surface area contributed by atoms with E-state index in [1.165, 1.54) is 6.92 Å².